The highest BCUT2D eigenvalue weighted by Gasteiger charge is 1.93. The predicted octanol–water partition coefficient (Wildman–Crippen LogP) is 3.24. The van der Waals surface area contributed by atoms with Crippen LogP contribution in [0.2, 0.25) is 0 Å². The summed E-state index contributed by atoms with van der Waals surface area (Å²) in [4.78, 5) is 9.82. The highest BCUT2D eigenvalue weighted by molar-refractivity contribution is 5.45. The van der Waals surface area contributed by atoms with Crippen LogP contribution < -0.4 is 5.32 Å². The van der Waals surface area contributed by atoms with Crippen LogP contribution in [0.3, 0.4) is 0 Å². The van der Waals surface area contributed by atoms with Crippen LogP contribution >= 0.6 is 0 Å². The van der Waals surface area contributed by atoms with Gasteiger partial charge in [0.1, 0.15) is 0 Å². The summed E-state index contributed by atoms with van der Waals surface area (Å²) < 4.78 is 5.26. The van der Waals surface area contributed by atoms with Crippen molar-refractivity contribution in [2.24, 2.45) is 11.8 Å². The third-order valence-corrected chi connectivity index (χ3v) is 2.36. The Hall–Kier alpha value is -0.570. The minimum Gasteiger partial charge on any atom is -0.380 e. The van der Waals surface area contributed by atoms with Gasteiger partial charge in [0.15, 0.2) is 0 Å². The summed E-state index contributed by atoms with van der Waals surface area (Å²) in [6.07, 6.45) is 4.32. The van der Waals surface area contributed by atoms with E-state index in [2.05, 4.69) is 39.9 Å². The van der Waals surface area contributed by atoms with E-state index in [0.29, 0.717) is 19.6 Å². The van der Waals surface area contributed by atoms with Gasteiger partial charge in [0.25, 0.3) is 0 Å². The Balaban J connectivity index is 0. The summed E-state index contributed by atoms with van der Waals surface area (Å²) >= 11 is 0. The summed E-state index contributed by atoms with van der Waals surface area (Å²) in [5.41, 5.74) is 0. The Morgan fingerprint density at radius 1 is 1.12 bits per heavy atom. The SMILES string of the molecule is CC(C)CCCOCCNC=O.CCC(C)C. The van der Waals surface area contributed by atoms with Gasteiger partial charge in [-0.15, -0.1) is 0 Å². The number of hydrogen-bond donors (Lipinski definition) is 1. The van der Waals surface area contributed by atoms with Crippen molar-refractivity contribution in [3.63, 3.8) is 0 Å². The topological polar surface area (TPSA) is 38.3 Å². The molecule has 0 heterocycles. The molecule has 0 saturated carbocycles. The monoisotopic (exact) mass is 245 g/mol. The molecule has 0 aliphatic carbocycles. The van der Waals surface area contributed by atoms with E-state index in [0.717, 1.165) is 24.9 Å². The lowest BCUT2D eigenvalue weighted by molar-refractivity contribution is -0.109. The molecule has 0 saturated heterocycles. The first-order valence-corrected chi connectivity index (χ1v) is 6.79. The summed E-state index contributed by atoms with van der Waals surface area (Å²) in [7, 11) is 0. The fourth-order valence-electron chi connectivity index (χ4n) is 0.886. The smallest absolute Gasteiger partial charge is 0.207 e. The number of nitrogens with one attached hydrogen (secondary N) is 1. The minimum absolute atomic E-state index is 0.616. The quantitative estimate of drug-likeness (QED) is 0.500. The highest BCUT2D eigenvalue weighted by atomic mass is 16.5. The average Bonchev–Trinajstić information content (AvgIpc) is 2.28. The van der Waals surface area contributed by atoms with Crippen molar-refractivity contribution < 1.29 is 9.53 Å². The zero-order valence-electron chi connectivity index (χ0n) is 12.3. The minimum atomic E-state index is 0.616. The molecule has 0 aliphatic heterocycles. The van der Waals surface area contributed by atoms with Crippen molar-refractivity contribution in [1.29, 1.82) is 0 Å². The number of carbonyl (C=O) groups is 1. The van der Waals surface area contributed by atoms with Gasteiger partial charge in [-0.3, -0.25) is 4.79 Å². The average molecular weight is 245 g/mol. The lowest BCUT2D eigenvalue weighted by Gasteiger charge is -2.05. The van der Waals surface area contributed by atoms with Crippen LogP contribution in [0.4, 0.5) is 0 Å². The molecular formula is C14H31NO2. The highest BCUT2D eigenvalue weighted by Crippen LogP contribution is 2.02. The van der Waals surface area contributed by atoms with Gasteiger partial charge in [-0.25, -0.2) is 0 Å². The van der Waals surface area contributed by atoms with Crippen molar-refractivity contribution in [2.45, 2.75) is 53.9 Å². The van der Waals surface area contributed by atoms with Gasteiger partial charge in [0.2, 0.25) is 6.41 Å². The zero-order valence-corrected chi connectivity index (χ0v) is 12.3. The summed E-state index contributed by atoms with van der Waals surface area (Å²) in [5.74, 6) is 1.64. The van der Waals surface area contributed by atoms with E-state index in [-0.39, 0.29) is 0 Å². The second-order valence-electron chi connectivity index (χ2n) is 5.02. The van der Waals surface area contributed by atoms with Crippen LogP contribution in [0.1, 0.15) is 53.9 Å². The molecule has 0 aromatic heterocycles. The van der Waals surface area contributed by atoms with Crippen LogP contribution in [0.15, 0.2) is 0 Å². The first kappa shape index (κ1) is 18.8. The standard InChI is InChI=1S/C9H19NO2.C5H12/c1-9(2)4-3-6-12-7-5-10-8-11;1-4-5(2)3/h8-9H,3-7H2,1-2H3,(H,10,11);5H,4H2,1-3H3. The predicted molar refractivity (Wildman–Crippen MR) is 74.1 cm³/mol. The molecule has 0 rings (SSSR count). The third-order valence-electron chi connectivity index (χ3n) is 2.36. The van der Waals surface area contributed by atoms with Gasteiger partial charge < -0.3 is 10.1 Å². The number of carbonyl (C=O) groups excluding carboxylic acids is 1. The molecule has 1 amide bonds. The number of amides is 1. The lowest BCUT2D eigenvalue weighted by Crippen LogP contribution is -2.17. The Morgan fingerprint density at radius 2 is 1.71 bits per heavy atom. The summed E-state index contributed by atoms with van der Waals surface area (Å²) in [6, 6.07) is 0. The van der Waals surface area contributed by atoms with E-state index in [4.69, 9.17) is 4.74 Å². The molecule has 0 fully saturated rings. The molecule has 1 N–H and O–H groups in total. The molecule has 3 heteroatoms. The second-order valence-corrected chi connectivity index (χ2v) is 5.02. The Morgan fingerprint density at radius 3 is 2.12 bits per heavy atom. The van der Waals surface area contributed by atoms with Crippen molar-refractivity contribution >= 4 is 6.41 Å². The molecule has 0 bridgehead atoms. The van der Waals surface area contributed by atoms with Crippen LogP contribution in [0, 0.1) is 11.8 Å². The van der Waals surface area contributed by atoms with Gasteiger partial charge in [0.05, 0.1) is 6.61 Å². The molecule has 104 valence electrons. The first-order chi connectivity index (χ1) is 8.04. The molecule has 0 radical (unpaired) electrons. The van der Waals surface area contributed by atoms with E-state index in [9.17, 15) is 4.79 Å². The van der Waals surface area contributed by atoms with Crippen molar-refractivity contribution in [2.75, 3.05) is 19.8 Å². The molecule has 0 atom stereocenters. The molecule has 0 spiro atoms. The van der Waals surface area contributed by atoms with Crippen LogP contribution in [0.5, 0.6) is 0 Å². The second kappa shape index (κ2) is 15.4. The van der Waals surface area contributed by atoms with Gasteiger partial charge in [0, 0.05) is 13.2 Å². The van der Waals surface area contributed by atoms with E-state index in [1.807, 2.05) is 0 Å². The summed E-state index contributed by atoms with van der Waals surface area (Å²) in [6.45, 7) is 13.1. The number of hydrogen-bond acceptors (Lipinski definition) is 2. The maximum atomic E-state index is 9.82. The van der Waals surface area contributed by atoms with Gasteiger partial charge in [-0.05, 0) is 24.7 Å². The van der Waals surface area contributed by atoms with Crippen LogP contribution in [-0.2, 0) is 9.53 Å². The lowest BCUT2D eigenvalue weighted by atomic mass is 10.1. The Labute approximate surface area is 107 Å². The molecular weight excluding hydrogens is 214 g/mol. The number of ether oxygens (including phenoxy) is 1. The molecule has 0 aromatic carbocycles. The fraction of sp³-hybridized carbons (Fsp3) is 0.929. The van der Waals surface area contributed by atoms with E-state index in [1.165, 1.54) is 12.8 Å². The van der Waals surface area contributed by atoms with Gasteiger partial charge in [-0.1, -0.05) is 41.0 Å². The van der Waals surface area contributed by atoms with Crippen LogP contribution in [-0.4, -0.2) is 26.2 Å². The van der Waals surface area contributed by atoms with Crippen molar-refractivity contribution in [3.8, 4) is 0 Å². The van der Waals surface area contributed by atoms with Gasteiger partial charge in [-0.2, -0.15) is 0 Å². The van der Waals surface area contributed by atoms with Gasteiger partial charge >= 0.3 is 0 Å². The Bertz CT molecular complexity index is 147. The van der Waals surface area contributed by atoms with E-state index < -0.39 is 0 Å². The van der Waals surface area contributed by atoms with Crippen LogP contribution in [0.25, 0.3) is 0 Å². The Kier molecular flexibility index (Phi) is 17.1. The molecule has 3 nitrogen and oxygen atoms in total. The van der Waals surface area contributed by atoms with E-state index >= 15 is 0 Å². The third kappa shape index (κ3) is 25.6. The summed E-state index contributed by atoms with van der Waals surface area (Å²) in [5, 5.41) is 2.54. The maximum Gasteiger partial charge on any atom is 0.207 e. The molecule has 17 heavy (non-hydrogen) atoms. The fourth-order valence-corrected chi connectivity index (χ4v) is 0.886. The van der Waals surface area contributed by atoms with Crippen molar-refractivity contribution in [1.82, 2.24) is 5.32 Å². The molecule has 0 aliphatic rings. The maximum absolute atomic E-state index is 9.82. The molecule has 0 aromatic rings. The van der Waals surface area contributed by atoms with Crippen molar-refractivity contribution in [3.05, 3.63) is 0 Å². The zero-order chi connectivity index (χ0) is 13.5. The largest absolute Gasteiger partial charge is 0.380 e. The normalized spacial score (nSPS) is 10.1. The number of rotatable bonds is 9. The molecule has 0 unspecified atom stereocenters. The first-order valence-electron chi connectivity index (χ1n) is 6.79. The van der Waals surface area contributed by atoms with E-state index in [1.54, 1.807) is 0 Å².